The first kappa shape index (κ1) is 21.0. The second kappa shape index (κ2) is 7.75. The smallest absolute Gasteiger partial charge is 0.283 e. The van der Waals surface area contributed by atoms with Crippen LogP contribution in [0.25, 0.3) is 0 Å². The normalized spacial score (nSPS) is 24.0. The molecule has 1 aliphatic carbocycles. The van der Waals surface area contributed by atoms with Crippen LogP contribution in [-0.4, -0.2) is 40.8 Å². The minimum absolute atomic E-state index is 0.0679. The topological polar surface area (TPSA) is 112 Å². The third-order valence-corrected chi connectivity index (χ3v) is 5.80. The van der Waals surface area contributed by atoms with Crippen LogP contribution in [0.1, 0.15) is 48.7 Å². The van der Waals surface area contributed by atoms with Crippen LogP contribution in [0.4, 0.5) is 14.5 Å². The van der Waals surface area contributed by atoms with E-state index in [0.717, 1.165) is 0 Å². The number of ether oxygens (including phenoxy) is 2. The fourth-order valence-electron chi connectivity index (χ4n) is 3.78. The Labute approximate surface area is 177 Å². The van der Waals surface area contributed by atoms with Gasteiger partial charge in [-0.05, 0) is 37.5 Å². The van der Waals surface area contributed by atoms with Gasteiger partial charge in [0.1, 0.15) is 23.3 Å². The number of carbonyl (C=O) groups excluding carboxylic acids is 1. The zero-order chi connectivity index (χ0) is 22.2. The van der Waals surface area contributed by atoms with Gasteiger partial charge in [-0.25, -0.2) is 23.7 Å². The number of amides is 1. The van der Waals surface area contributed by atoms with Crippen LogP contribution in [0.3, 0.4) is 0 Å². The van der Waals surface area contributed by atoms with E-state index in [4.69, 9.17) is 15.2 Å². The molecule has 2 aromatic rings. The van der Waals surface area contributed by atoms with Crippen molar-refractivity contribution in [1.29, 1.82) is 0 Å². The Balaban J connectivity index is 1.63. The standard InChI is InChI=1S/C21H23F2N5O3/c1-3-21(9-16(20(23)6-7-20)31-19(24)28-21)13-8-12(4-5-14(13)22)27-18(29)15-10-26-17(30-2)11-25-15/h4-5,8,10-11,16H,3,6-7,9H2,1-2H3,(H2,24,28)(H,27,29). The van der Waals surface area contributed by atoms with Gasteiger partial charge in [-0.2, -0.15) is 0 Å². The molecular formula is C21H23F2N5O3. The summed E-state index contributed by atoms with van der Waals surface area (Å²) in [5, 5.41) is 2.67. The van der Waals surface area contributed by atoms with Crippen LogP contribution in [-0.2, 0) is 10.3 Å². The summed E-state index contributed by atoms with van der Waals surface area (Å²) in [6.07, 6.45) is 3.09. The van der Waals surface area contributed by atoms with E-state index in [2.05, 4.69) is 20.3 Å². The number of aliphatic imine (C=N–C) groups is 1. The Morgan fingerprint density at radius 2 is 2.13 bits per heavy atom. The van der Waals surface area contributed by atoms with E-state index < -0.39 is 29.0 Å². The van der Waals surface area contributed by atoms with Gasteiger partial charge in [0.25, 0.3) is 11.9 Å². The Morgan fingerprint density at radius 3 is 2.74 bits per heavy atom. The predicted octanol–water partition coefficient (Wildman–Crippen LogP) is 3.09. The molecule has 4 rings (SSSR count). The van der Waals surface area contributed by atoms with Gasteiger partial charge in [-0.3, -0.25) is 4.79 Å². The van der Waals surface area contributed by atoms with Gasteiger partial charge < -0.3 is 20.5 Å². The van der Waals surface area contributed by atoms with Crippen molar-refractivity contribution < 1.29 is 23.0 Å². The summed E-state index contributed by atoms with van der Waals surface area (Å²) in [6, 6.07) is 3.99. The molecule has 1 fully saturated rings. The first-order chi connectivity index (χ1) is 14.8. The Bertz CT molecular complexity index is 1030. The van der Waals surface area contributed by atoms with Gasteiger partial charge in [-0.15, -0.1) is 0 Å². The molecule has 3 N–H and O–H groups in total. The number of aromatic nitrogens is 2. The number of carbonyl (C=O) groups is 1. The van der Waals surface area contributed by atoms with Gasteiger partial charge in [-0.1, -0.05) is 6.92 Å². The zero-order valence-corrected chi connectivity index (χ0v) is 17.2. The summed E-state index contributed by atoms with van der Waals surface area (Å²) < 4.78 is 40.0. The van der Waals surface area contributed by atoms with E-state index in [1.165, 1.54) is 37.7 Å². The van der Waals surface area contributed by atoms with Crippen LogP contribution in [0.15, 0.2) is 35.6 Å². The number of rotatable bonds is 6. The number of methoxy groups -OCH3 is 1. The lowest BCUT2D eigenvalue weighted by atomic mass is 9.80. The molecule has 164 valence electrons. The Morgan fingerprint density at radius 1 is 1.35 bits per heavy atom. The largest absolute Gasteiger partial charge is 0.480 e. The second-order valence-electron chi connectivity index (χ2n) is 7.77. The van der Waals surface area contributed by atoms with Crippen LogP contribution in [0, 0.1) is 5.82 Å². The summed E-state index contributed by atoms with van der Waals surface area (Å²) in [5.74, 6) is -0.770. The van der Waals surface area contributed by atoms with Crippen molar-refractivity contribution in [3.8, 4) is 5.88 Å². The lowest BCUT2D eigenvalue weighted by molar-refractivity contribution is 0.0263. The molecule has 2 heterocycles. The van der Waals surface area contributed by atoms with Crippen LogP contribution in [0.2, 0.25) is 0 Å². The molecule has 0 saturated heterocycles. The van der Waals surface area contributed by atoms with Crippen molar-refractivity contribution in [1.82, 2.24) is 9.97 Å². The number of hydrogen-bond donors (Lipinski definition) is 2. The third kappa shape index (κ3) is 4.01. The molecule has 0 bridgehead atoms. The highest BCUT2D eigenvalue weighted by atomic mass is 19.1. The molecule has 2 atom stereocenters. The highest BCUT2D eigenvalue weighted by Gasteiger charge is 2.56. The molecule has 31 heavy (non-hydrogen) atoms. The van der Waals surface area contributed by atoms with E-state index in [1.54, 1.807) is 0 Å². The molecule has 0 spiro atoms. The molecule has 10 heteroatoms. The van der Waals surface area contributed by atoms with Crippen LogP contribution >= 0.6 is 0 Å². The van der Waals surface area contributed by atoms with Crippen molar-refractivity contribution in [2.45, 2.75) is 49.9 Å². The van der Waals surface area contributed by atoms with Crippen LogP contribution < -0.4 is 15.8 Å². The van der Waals surface area contributed by atoms with Gasteiger partial charge in [0.05, 0.1) is 25.0 Å². The highest BCUT2D eigenvalue weighted by Crippen LogP contribution is 2.51. The average molecular weight is 431 g/mol. The summed E-state index contributed by atoms with van der Waals surface area (Å²) in [6.45, 7) is 1.83. The fourth-order valence-corrected chi connectivity index (χ4v) is 3.78. The van der Waals surface area contributed by atoms with Crippen molar-refractivity contribution in [3.63, 3.8) is 0 Å². The fraction of sp³-hybridized carbons (Fsp3) is 0.429. The van der Waals surface area contributed by atoms with Crippen molar-refractivity contribution >= 4 is 17.6 Å². The molecule has 1 aliphatic heterocycles. The third-order valence-electron chi connectivity index (χ3n) is 5.80. The molecule has 1 amide bonds. The molecule has 2 unspecified atom stereocenters. The maximum Gasteiger partial charge on any atom is 0.283 e. The Hall–Kier alpha value is -3.30. The number of halogens is 2. The number of nitrogens with one attached hydrogen (secondary N) is 1. The average Bonchev–Trinajstić information content (AvgIpc) is 3.53. The minimum Gasteiger partial charge on any atom is -0.480 e. The summed E-state index contributed by atoms with van der Waals surface area (Å²) >= 11 is 0. The zero-order valence-electron chi connectivity index (χ0n) is 17.2. The number of amidine groups is 1. The first-order valence-corrected chi connectivity index (χ1v) is 9.97. The molecule has 1 aromatic heterocycles. The number of alkyl halides is 1. The highest BCUT2D eigenvalue weighted by molar-refractivity contribution is 6.02. The molecular weight excluding hydrogens is 408 g/mol. The summed E-state index contributed by atoms with van der Waals surface area (Å²) in [5.41, 5.74) is 3.91. The minimum atomic E-state index is -1.46. The number of nitrogens with two attached hydrogens (primary N) is 1. The van der Waals surface area contributed by atoms with Gasteiger partial charge in [0.2, 0.25) is 5.88 Å². The lowest BCUT2D eigenvalue weighted by Crippen LogP contribution is -2.45. The number of benzene rings is 1. The molecule has 1 aromatic carbocycles. The maximum absolute atomic E-state index is 14.9. The summed E-state index contributed by atoms with van der Waals surface area (Å²) in [7, 11) is 1.44. The Kier molecular flexibility index (Phi) is 5.24. The number of anilines is 1. The van der Waals surface area contributed by atoms with Crippen molar-refractivity contribution in [3.05, 3.63) is 47.7 Å². The van der Waals surface area contributed by atoms with E-state index in [9.17, 15) is 13.6 Å². The van der Waals surface area contributed by atoms with E-state index in [-0.39, 0.29) is 29.6 Å². The number of nitrogens with zero attached hydrogens (tertiary/aromatic N) is 3. The molecule has 2 aliphatic rings. The van der Waals surface area contributed by atoms with Gasteiger partial charge in [0, 0.05) is 17.7 Å². The summed E-state index contributed by atoms with van der Waals surface area (Å²) in [4.78, 5) is 24.8. The maximum atomic E-state index is 14.9. The van der Waals surface area contributed by atoms with Crippen molar-refractivity contribution in [2.24, 2.45) is 10.7 Å². The monoisotopic (exact) mass is 431 g/mol. The van der Waals surface area contributed by atoms with Gasteiger partial charge >= 0.3 is 0 Å². The number of hydrogen-bond acceptors (Lipinski definition) is 7. The lowest BCUT2D eigenvalue weighted by Gasteiger charge is -2.38. The predicted molar refractivity (Wildman–Crippen MR) is 109 cm³/mol. The quantitative estimate of drug-likeness (QED) is 0.727. The first-order valence-electron chi connectivity index (χ1n) is 9.97. The second-order valence-corrected chi connectivity index (χ2v) is 7.77. The van der Waals surface area contributed by atoms with Crippen LogP contribution in [0.5, 0.6) is 5.88 Å². The van der Waals surface area contributed by atoms with E-state index >= 15 is 0 Å². The molecule has 8 nitrogen and oxygen atoms in total. The SMILES string of the molecule is CCC1(c2cc(NC(=O)c3cnc(OC)cn3)ccc2F)CC(C2(F)CC2)OC(N)=N1. The molecule has 1 saturated carbocycles. The van der Waals surface area contributed by atoms with E-state index in [0.29, 0.717) is 24.9 Å². The van der Waals surface area contributed by atoms with Crippen molar-refractivity contribution in [2.75, 3.05) is 12.4 Å². The van der Waals surface area contributed by atoms with Gasteiger partial charge in [0.15, 0.2) is 0 Å². The molecule has 0 radical (unpaired) electrons. The van der Waals surface area contributed by atoms with E-state index in [1.807, 2.05) is 6.92 Å².